The number of sulfonamides is 1. The lowest BCUT2D eigenvalue weighted by Crippen LogP contribution is -2.49. The SMILES string of the molecule is Cc1ccc(N2CCN(C(=O)c3ccc(N4[C@H](C)CCS4(=O)=O)cc3S(C)(=O)=O)CC2)c(C)c1. The molecule has 2 fully saturated rings. The van der Waals surface area contributed by atoms with Gasteiger partial charge in [-0.3, -0.25) is 9.10 Å². The van der Waals surface area contributed by atoms with E-state index in [1.807, 2.05) is 0 Å². The van der Waals surface area contributed by atoms with Crippen LogP contribution in [0, 0.1) is 13.8 Å². The standard InChI is InChI=1S/C24H31N3O5S2/c1-17-5-8-22(18(2)15-17)25-10-12-26(13-11-25)24(28)21-7-6-20(16-23(21)33(4,29)30)27-19(3)9-14-34(27,31)32/h5-8,15-16,19H,9-14H2,1-4H3/t19-/m1/s1. The second-order valence-corrected chi connectivity index (χ2v) is 13.2. The van der Waals surface area contributed by atoms with Crippen molar-refractivity contribution in [1.82, 2.24) is 4.90 Å². The topological polar surface area (TPSA) is 95.1 Å². The van der Waals surface area contributed by atoms with Crippen LogP contribution in [0.1, 0.15) is 34.8 Å². The molecule has 10 heteroatoms. The van der Waals surface area contributed by atoms with Crippen molar-refractivity contribution in [2.75, 3.05) is 47.4 Å². The minimum atomic E-state index is -3.77. The molecule has 2 aliphatic heterocycles. The molecule has 1 amide bonds. The van der Waals surface area contributed by atoms with Crippen LogP contribution in [0.5, 0.6) is 0 Å². The molecule has 0 unspecified atom stereocenters. The van der Waals surface area contributed by atoms with Gasteiger partial charge in [0.05, 0.1) is 21.9 Å². The van der Waals surface area contributed by atoms with Crippen molar-refractivity contribution in [1.29, 1.82) is 0 Å². The van der Waals surface area contributed by atoms with Crippen LogP contribution < -0.4 is 9.21 Å². The maximum Gasteiger partial charge on any atom is 0.255 e. The summed E-state index contributed by atoms with van der Waals surface area (Å²) in [5, 5.41) is 0. The molecular formula is C24H31N3O5S2. The quantitative estimate of drug-likeness (QED) is 0.634. The Kier molecular flexibility index (Phi) is 6.41. The fraction of sp³-hybridized carbons (Fsp3) is 0.458. The zero-order valence-corrected chi connectivity index (χ0v) is 21.6. The first kappa shape index (κ1) is 24.5. The fourth-order valence-corrected chi connectivity index (χ4v) is 7.65. The molecule has 2 heterocycles. The summed E-state index contributed by atoms with van der Waals surface area (Å²) < 4.78 is 51.4. The van der Waals surface area contributed by atoms with Gasteiger partial charge in [-0.2, -0.15) is 0 Å². The highest BCUT2D eigenvalue weighted by atomic mass is 32.2. The molecule has 0 radical (unpaired) electrons. The summed E-state index contributed by atoms with van der Waals surface area (Å²) in [6.07, 6.45) is 1.52. The number of sulfone groups is 1. The van der Waals surface area contributed by atoms with E-state index in [0.29, 0.717) is 32.6 Å². The highest BCUT2D eigenvalue weighted by molar-refractivity contribution is 7.93. The molecule has 2 saturated heterocycles. The number of hydrogen-bond acceptors (Lipinski definition) is 6. The molecule has 0 bridgehead atoms. The number of nitrogens with zero attached hydrogens (tertiary/aromatic N) is 3. The predicted octanol–water partition coefficient (Wildman–Crippen LogP) is 2.60. The number of carbonyl (C=O) groups is 1. The largest absolute Gasteiger partial charge is 0.368 e. The molecule has 8 nitrogen and oxygen atoms in total. The first-order valence-electron chi connectivity index (χ1n) is 11.4. The molecule has 34 heavy (non-hydrogen) atoms. The second kappa shape index (κ2) is 8.88. The molecule has 2 aromatic rings. The lowest BCUT2D eigenvalue weighted by molar-refractivity contribution is 0.0743. The highest BCUT2D eigenvalue weighted by Crippen LogP contribution is 2.32. The Morgan fingerprint density at radius 2 is 1.68 bits per heavy atom. The molecule has 0 saturated carbocycles. The van der Waals surface area contributed by atoms with Gasteiger partial charge in [0, 0.05) is 44.2 Å². The van der Waals surface area contributed by atoms with Crippen molar-refractivity contribution in [2.45, 2.75) is 38.1 Å². The Morgan fingerprint density at radius 1 is 1.00 bits per heavy atom. The van der Waals surface area contributed by atoms with E-state index in [1.54, 1.807) is 11.8 Å². The Hall–Kier alpha value is -2.59. The number of amides is 1. The molecule has 4 rings (SSSR count). The van der Waals surface area contributed by atoms with Gasteiger partial charge >= 0.3 is 0 Å². The zero-order chi connectivity index (χ0) is 24.8. The van der Waals surface area contributed by atoms with Crippen molar-refractivity contribution < 1.29 is 21.6 Å². The van der Waals surface area contributed by atoms with Crippen molar-refractivity contribution >= 4 is 37.1 Å². The fourth-order valence-electron chi connectivity index (χ4n) is 4.84. The van der Waals surface area contributed by atoms with E-state index in [0.717, 1.165) is 11.9 Å². The summed E-state index contributed by atoms with van der Waals surface area (Å²) >= 11 is 0. The van der Waals surface area contributed by atoms with E-state index in [-0.39, 0.29) is 33.8 Å². The molecule has 1 atom stereocenters. The highest BCUT2D eigenvalue weighted by Gasteiger charge is 2.36. The third kappa shape index (κ3) is 4.65. The van der Waals surface area contributed by atoms with Gasteiger partial charge < -0.3 is 9.80 Å². The zero-order valence-electron chi connectivity index (χ0n) is 20.0. The number of carbonyl (C=O) groups excluding carboxylic acids is 1. The van der Waals surface area contributed by atoms with Crippen LogP contribution in [0.25, 0.3) is 0 Å². The van der Waals surface area contributed by atoms with Crippen LogP contribution in [-0.4, -0.2) is 71.9 Å². The number of aryl methyl sites for hydroxylation is 2. The van der Waals surface area contributed by atoms with Gasteiger partial charge in [0.25, 0.3) is 5.91 Å². The summed E-state index contributed by atoms with van der Waals surface area (Å²) in [6, 6.07) is 10.3. The lowest BCUT2D eigenvalue weighted by atomic mass is 10.1. The predicted molar refractivity (Wildman–Crippen MR) is 134 cm³/mol. The van der Waals surface area contributed by atoms with Crippen LogP contribution in [-0.2, 0) is 19.9 Å². The van der Waals surface area contributed by atoms with E-state index in [1.165, 1.54) is 33.6 Å². The van der Waals surface area contributed by atoms with Gasteiger partial charge in [0.2, 0.25) is 10.0 Å². The summed E-state index contributed by atoms with van der Waals surface area (Å²) in [5.41, 5.74) is 3.88. The maximum atomic E-state index is 13.4. The number of benzene rings is 2. The van der Waals surface area contributed by atoms with Crippen molar-refractivity contribution in [2.24, 2.45) is 0 Å². The van der Waals surface area contributed by atoms with Gasteiger partial charge in [0.15, 0.2) is 9.84 Å². The van der Waals surface area contributed by atoms with Crippen molar-refractivity contribution in [3.63, 3.8) is 0 Å². The van der Waals surface area contributed by atoms with Gasteiger partial charge in [0.1, 0.15) is 0 Å². The third-order valence-corrected chi connectivity index (χ3v) is 9.66. The van der Waals surface area contributed by atoms with E-state index in [4.69, 9.17) is 0 Å². The van der Waals surface area contributed by atoms with Crippen LogP contribution in [0.2, 0.25) is 0 Å². The number of rotatable bonds is 4. The molecular weight excluding hydrogens is 474 g/mol. The summed E-state index contributed by atoms with van der Waals surface area (Å²) in [6.45, 7) is 8.14. The van der Waals surface area contributed by atoms with Crippen LogP contribution in [0.3, 0.4) is 0 Å². The molecule has 0 aromatic heterocycles. The van der Waals surface area contributed by atoms with Crippen molar-refractivity contribution in [3.8, 4) is 0 Å². The number of piperazine rings is 1. The number of hydrogen-bond donors (Lipinski definition) is 0. The van der Waals surface area contributed by atoms with Crippen LogP contribution in [0.4, 0.5) is 11.4 Å². The van der Waals surface area contributed by atoms with Gasteiger partial charge in [-0.25, -0.2) is 16.8 Å². The average Bonchev–Trinajstić information content (AvgIpc) is 3.04. The number of anilines is 2. The maximum absolute atomic E-state index is 13.4. The minimum absolute atomic E-state index is 0.0216. The summed E-state index contributed by atoms with van der Waals surface area (Å²) in [5.74, 6) is -0.335. The smallest absolute Gasteiger partial charge is 0.255 e. The molecule has 0 aliphatic carbocycles. The lowest BCUT2D eigenvalue weighted by Gasteiger charge is -2.37. The Labute approximate surface area is 202 Å². The summed E-state index contributed by atoms with van der Waals surface area (Å²) in [4.78, 5) is 17.1. The Balaban J connectivity index is 1.59. The van der Waals surface area contributed by atoms with Gasteiger partial charge in [-0.15, -0.1) is 0 Å². The van der Waals surface area contributed by atoms with E-state index in [2.05, 4.69) is 36.9 Å². The molecule has 0 spiro atoms. The monoisotopic (exact) mass is 505 g/mol. The van der Waals surface area contributed by atoms with E-state index in [9.17, 15) is 21.6 Å². The van der Waals surface area contributed by atoms with E-state index >= 15 is 0 Å². The first-order chi connectivity index (χ1) is 15.9. The average molecular weight is 506 g/mol. The molecule has 0 N–H and O–H groups in total. The molecule has 2 aromatic carbocycles. The Morgan fingerprint density at radius 3 is 2.24 bits per heavy atom. The molecule has 184 valence electrons. The van der Waals surface area contributed by atoms with E-state index < -0.39 is 19.9 Å². The third-order valence-electron chi connectivity index (χ3n) is 6.60. The van der Waals surface area contributed by atoms with Crippen LogP contribution >= 0.6 is 0 Å². The molecule has 2 aliphatic rings. The van der Waals surface area contributed by atoms with Crippen molar-refractivity contribution in [3.05, 3.63) is 53.1 Å². The normalized spacial score (nSPS) is 20.6. The van der Waals surface area contributed by atoms with Gasteiger partial charge in [-0.1, -0.05) is 17.7 Å². The first-order valence-corrected chi connectivity index (χ1v) is 14.9. The second-order valence-electron chi connectivity index (χ2n) is 9.27. The van der Waals surface area contributed by atoms with Crippen LogP contribution in [0.15, 0.2) is 41.3 Å². The Bertz CT molecular complexity index is 1330. The van der Waals surface area contributed by atoms with Gasteiger partial charge in [-0.05, 0) is 57.0 Å². The summed E-state index contributed by atoms with van der Waals surface area (Å²) in [7, 11) is -7.27. The minimum Gasteiger partial charge on any atom is -0.368 e.